The summed E-state index contributed by atoms with van der Waals surface area (Å²) < 4.78 is 2.02. The first-order chi connectivity index (χ1) is 8.69. The van der Waals surface area contributed by atoms with E-state index in [-0.39, 0.29) is 11.9 Å². The number of hydrogen-bond donors (Lipinski definition) is 1. The second-order valence-corrected chi connectivity index (χ2v) is 6.15. The Bertz CT molecular complexity index is 709. The van der Waals surface area contributed by atoms with Crippen molar-refractivity contribution in [3.05, 3.63) is 22.5 Å². The summed E-state index contributed by atoms with van der Waals surface area (Å²) in [6.45, 7) is 4.07. The molecule has 3 heterocycles. The van der Waals surface area contributed by atoms with Crippen molar-refractivity contribution in [2.45, 2.75) is 26.3 Å². The molecule has 0 aliphatic rings. The number of amides is 1. The molecule has 3 aromatic rings. The number of thiazole rings is 1. The molecule has 1 amide bonds. The van der Waals surface area contributed by atoms with E-state index < -0.39 is 0 Å². The first-order valence-corrected chi connectivity index (χ1v) is 7.54. The molecule has 1 atom stereocenters. The van der Waals surface area contributed by atoms with Crippen LogP contribution in [0, 0.1) is 0 Å². The Morgan fingerprint density at radius 1 is 1.61 bits per heavy atom. The van der Waals surface area contributed by atoms with Crippen molar-refractivity contribution in [2.24, 2.45) is 0 Å². The lowest BCUT2D eigenvalue weighted by Gasteiger charge is -2.09. The van der Waals surface area contributed by atoms with Crippen molar-refractivity contribution in [1.29, 1.82) is 0 Å². The highest BCUT2D eigenvalue weighted by Crippen LogP contribution is 2.28. The normalized spacial score (nSPS) is 13.2. The highest BCUT2D eigenvalue weighted by molar-refractivity contribution is 7.21. The summed E-state index contributed by atoms with van der Waals surface area (Å²) in [4.78, 5) is 19.2. The van der Waals surface area contributed by atoms with Gasteiger partial charge in [-0.05, 0) is 19.4 Å². The van der Waals surface area contributed by atoms with E-state index in [0.29, 0.717) is 0 Å². The zero-order valence-corrected chi connectivity index (χ0v) is 11.8. The van der Waals surface area contributed by atoms with Gasteiger partial charge in [-0.2, -0.15) is 0 Å². The third-order valence-corrected chi connectivity index (χ3v) is 4.73. The van der Waals surface area contributed by atoms with E-state index in [1.165, 1.54) is 11.3 Å². The highest BCUT2D eigenvalue weighted by atomic mass is 32.1. The number of nitrogens with zero attached hydrogens (tertiary/aromatic N) is 2. The van der Waals surface area contributed by atoms with Crippen LogP contribution >= 0.6 is 22.7 Å². The predicted molar refractivity (Wildman–Crippen MR) is 75.7 cm³/mol. The van der Waals surface area contributed by atoms with E-state index in [1.807, 2.05) is 29.0 Å². The Kier molecular flexibility index (Phi) is 2.83. The fraction of sp³-hybridized carbons (Fsp3) is 0.333. The Labute approximate surface area is 112 Å². The SMILES string of the molecule is CCC(C)NC(=O)c1cc2c(nc3sccn32)s1. The average Bonchev–Trinajstić information content (AvgIpc) is 2.98. The molecule has 1 N–H and O–H groups in total. The maximum atomic E-state index is 12.0. The van der Waals surface area contributed by atoms with Crippen molar-refractivity contribution in [3.63, 3.8) is 0 Å². The molecule has 0 bridgehead atoms. The van der Waals surface area contributed by atoms with Gasteiger partial charge in [0.25, 0.3) is 5.91 Å². The van der Waals surface area contributed by atoms with E-state index >= 15 is 0 Å². The summed E-state index contributed by atoms with van der Waals surface area (Å²) in [7, 11) is 0. The van der Waals surface area contributed by atoms with Crippen LogP contribution in [0.15, 0.2) is 17.6 Å². The summed E-state index contributed by atoms with van der Waals surface area (Å²) >= 11 is 3.06. The number of thiophene rings is 1. The largest absolute Gasteiger partial charge is 0.349 e. The molecule has 6 heteroatoms. The Hall–Kier alpha value is -1.40. The molecule has 4 nitrogen and oxygen atoms in total. The summed E-state index contributed by atoms with van der Waals surface area (Å²) in [6, 6.07) is 2.13. The minimum absolute atomic E-state index is 0.00340. The lowest BCUT2D eigenvalue weighted by molar-refractivity contribution is 0.0943. The number of carbonyl (C=O) groups is 1. The minimum atomic E-state index is -0.00340. The average molecular weight is 279 g/mol. The summed E-state index contributed by atoms with van der Waals surface area (Å²) in [6.07, 6.45) is 2.92. The lowest BCUT2D eigenvalue weighted by Crippen LogP contribution is -2.31. The molecule has 18 heavy (non-hydrogen) atoms. The number of rotatable bonds is 3. The van der Waals surface area contributed by atoms with Gasteiger partial charge in [0.05, 0.1) is 10.4 Å². The van der Waals surface area contributed by atoms with E-state index in [4.69, 9.17) is 0 Å². The molecule has 0 aliphatic heterocycles. The van der Waals surface area contributed by atoms with Crippen molar-refractivity contribution >= 4 is 43.9 Å². The van der Waals surface area contributed by atoms with Crippen molar-refractivity contribution in [1.82, 2.24) is 14.7 Å². The van der Waals surface area contributed by atoms with Gasteiger partial charge in [0.1, 0.15) is 4.83 Å². The second kappa shape index (κ2) is 4.37. The minimum Gasteiger partial charge on any atom is -0.349 e. The topological polar surface area (TPSA) is 46.4 Å². The van der Waals surface area contributed by atoms with Crippen molar-refractivity contribution in [2.75, 3.05) is 0 Å². The Balaban J connectivity index is 1.97. The molecular weight excluding hydrogens is 266 g/mol. The van der Waals surface area contributed by atoms with Gasteiger partial charge in [0.15, 0.2) is 4.96 Å². The summed E-state index contributed by atoms with van der Waals surface area (Å²) in [5, 5.41) is 4.97. The second-order valence-electron chi connectivity index (χ2n) is 4.25. The van der Waals surface area contributed by atoms with Crippen LogP contribution in [0.2, 0.25) is 0 Å². The van der Waals surface area contributed by atoms with Crippen LogP contribution < -0.4 is 5.32 Å². The van der Waals surface area contributed by atoms with Gasteiger partial charge in [0, 0.05) is 17.6 Å². The summed E-state index contributed by atoms with van der Waals surface area (Å²) in [5.41, 5.74) is 1.02. The standard InChI is InChI=1S/C12H13N3OS2/c1-3-7(2)13-10(16)9-6-8-11(18-9)14-12-15(8)4-5-17-12/h4-7H,3H2,1-2H3,(H,13,16). The molecule has 94 valence electrons. The maximum Gasteiger partial charge on any atom is 0.261 e. The van der Waals surface area contributed by atoms with Gasteiger partial charge >= 0.3 is 0 Å². The zero-order chi connectivity index (χ0) is 12.7. The molecule has 0 fully saturated rings. The highest BCUT2D eigenvalue weighted by Gasteiger charge is 2.15. The quantitative estimate of drug-likeness (QED) is 0.800. The third kappa shape index (κ3) is 1.81. The fourth-order valence-electron chi connectivity index (χ4n) is 1.76. The van der Waals surface area contributed by atoms with Gasteiger partial charge < -0.3 is 5.32 Å². The number of carbonyl (C=O) groups excluding carboxylic acids is 1. The first kappa shape index (κ1) is 11.7. The monoisotopic (exact) mass is 279 g/mol. The van der Waals surface area contributed by atoms with Gasteiger partial charge in [-0.15, -0.1) is 22.7 Å². The smallest absolute Gasteiger partial charge is 0.261 e. The fourth-order valence-corrected chi connectivity index (χ4v) is 3.46. The zero-order valence-electron chi connectivity index (χ0n) is 10.1. The first-order valence-electron chi connectivity index (χ1n) is 5.85. The van der Waals surface area contributed by atoms with Crippen molar-refractivity contribution in [3.8, 4) is 0 Å². The molecule has 0 spiro atoms. The number of hydrogen-bond acceptors (Lipinski definition) is 4. The summed E-state index contributed by atoms with van der Waals surface area (Å²) in [5.74, 6) is -0.00340. The molecule has 0 saturated carbocycles. The third-order valence-electron chi connectivity index (χ3n) is 2.95. The van der Waals surface area contributed by atoms with Crippen LogP contribution in [0.3, 0.4) is 0 Å². The Morgan fingerprint density at radius 2 is 2.44 bits per heavy atom. The Morgan fingerprint density at radius 3 is 3.22 bits per heavy atom. The van der Waals surface area contributed by atoms with E-state index in [0.717, 1.165) is 26.6 Å². The van der Waals surface area contributed by atoms with E-state index in [9.17, 15) is 4.79 Å². The van der Waals surface area contributed by atoms with Gasteiger partial charge in [0.2, 0.25) is 0 Å². The molecule has 3 aromatic heterocycles. The van der Waals surface area contributed by atoms with Crippen LogP contribution in [-0.4, -0.2) is 21.3 Å². The molecular formula is C12H13N3OS2. The predicted octanol–water partition coefficient (Wildman–Crippen LogP) is 3.14. The molecule has 0 aromatic carbocycles. The molecule has 0 radical (unpaired) electrons. The van der Waals surface area contributed by atoms with Crippen LogP contribution in [0.5, 0.6) is 0 Å². The molecule has 1 unspecified atom stereocenters. The van der Waals surface area contributed by atoms with Gasteiger partial charge in [-0.1, -0.05) is 6.92 Å². The number of aromatic nitrogens is 2. The maximum absolute atomic E-state index is 12.0. The van der Waals surface area contributed by atoms with Crippen molar-refractivity contribution < 1.29 is 4.79 Å². The lowest BCUT2D eigenvalue weighted by atomic mass is 10.2. The molecule has 3 rings (SSSR count). The van der Waals surface area contributed by atoms with Crippen LogP contribution in [0.4, 0.5) is 0 Å². The van der Waals surface area contributed by atoms with Gasteiger partial charge in [-0.3, -0.25) is 9.20 Å². The van der Waals surface area contributed by atoms with Crippen LogP contribution in [0.1, 0.15) is 29.9 Å². The molecule has 0 saturated heterocycles. The van der Waals surface area contributed by atoms with E-state index in [2.05, 4.69) is 17.2 Å². The number of nitrogens with one attached hydrogen (secondary N) is 1. The van der Waals surface area contributed by atoms with Crippen LogP contribution in [0.25, 0.3) is 15.3 Å². The van der Waals surface area contributed by atoms with Gasteiger partial charge in [-0.25, -0.2) is 4.98 Å². The van der Waals surface area contributed by atoms with Crippen LogP contribution in [-0.2, 0) is 0 Å². The van der Waals surface area contributed by atoms with E-state index in [1.54, 1.807) is 11.3 Å². The number of fused-ring (bicyclic) bond motifs is 3. The molecule has 0 aliphatic carbocycles. The number of imidazole rings is 1.